The van der Waals surface area contributed by atoms with Gasteiger partial charge in [-0.15, -0.1) is 0 Å². The van der Waals surface area contributed by atoms with Crippen LogP contribution in [0, 0.1) is 0 Å². The number of rotatable bonds is 5. The van der Waals surface area contributed by atoms with Gasteiger partial charge in [-0.1, -0.05) is 35.9 Å². The molecule has 1 saturated heterocycles. The number of carbonyl (C=O) groups excluding carboxylic acids is 1. The largest absolute Gasteiger partial charge is 0.506 e. The lowest BCUT2D eigenvalue weighted by Crippen LogP contribution is -2.29. The number of aromatic hydroxyl groups is 1. The molecule has 1 fully saturated rings. The van der Waals surface area contributed by atoms with E-state index in [4.69, 9.17) is 33.0 Å². The lowest BCUT2D eigenvalue weighted by molar-refractivity contribution is 0.0601. The van der Waals surface area contributed by atoms with Crippen LogP contribution < -0.4 is 10.2 Å². The number of furan rings is 1. The fraction of sp³-hybridized carbons (Fsp3) is 0.115. The van der Waals surface area contributed by atoms with Gasteiger partial charge in [-0.25, -0.2) is 4.79 Å². The van der Waals surface area contributed by atoms with Crippen molar-refractivity contribution in [2.75, 3.05) is 12.0 Å². The average molecular weight is 506 g/mol. The monoisotopic (exact) mass is 505 g/mol. The highest BCUT2D eigenvalue weighted by atomic mass is 35.5. The van der Waals surface area contributed by atoms with Gasteiger partial charge in [-0.05, 0) is 60.7 Å². The molecule has 0 bridgehead atoms. The van der Waals surface area contributed by atoms with E-state index in [1.165, 1.54) is 13.2 Å². The minimum absolute atomic E-state index is 0.0213. The van der Waals surface area contributed by atoms with E-state index >= 15 is 0 Å². The molecule has 1 aliphatic rings. The van der Waals surface area contributed by atoms with Crippen molar-refractivity contribution in [3.63, 3.8) is 0 Å². The summed E-state index contributed by atoms with van der Waals surface area (Å²) in [6.07, 6.45) is 1.71. The van der Waals surface area contributed by atoms with Crippen molar-refractivity contribution in [1.29, 1.82) is 0 Å². The van der Waals surface area contributed by atoms with Gasteiger partial charge < -0.3 is 24.5 Å². The summed E-state index contributed by atoms with van der Waals surface area (Å²) in [7, 11) is 1.34. The Morgan fingerprint density at radius 3 is 2.71 bits per heavy atom. The topological polar surface area (TPSA) is 87.8 Å². The molecule has 35 heavy (non-hydrogen) atoms. The molecule has 7 nitrogen and oxygen atoms in total. The normalized spacial score (nSPS) is 17.3. The van der Waals surface area contributed by atoms with Gasteiger partial charge in [-0.2, -0.15) is 0 Å². The van der Waals surface area contributed by atoms with Gasteiger partial charge >= 0.3 is 5.97 Å². The molecule has 176 valence electrons. The molecule has 5 rings (SSSR count). The molecule has 0 radical (unpaired) electrons. The lowest BCUT2D eigenvalue weighted by Gasteiger charge is -2.26. The fourth-order valence-corrected chi connectivity index (χ4v) is 4.74. The standard InChI is InChI=1S/C26H20ClN3O4S/c1-33-25(32)17-7-3-2-6-16(17)21-11-12-22(34-21)24-23(18-8-4-5-13-28-18)29-26(35)30(24)19-14-15(27)9-10-20(19)31/h2-14,23-24,31H,1H3,(H,29,35)/t23-,24+/m1/s1. The number of nitrogens with one attached hydrogen (secondary N) is 1. The first-order chi connectivity index (χ1) is 17.0. The minimum atomic E-state index is -0.499. The molecule has 1 aliphatic heterocycles. The number of hydrogen-bond donors (Lipinski definition) is 2. The highest BCUT2D eigenvalue weighted by molar-refractivity contribution is 7.80. The van der Waals surface area contributed by atoms with E-state index in [0.29, 0.717) is 38.5 Å². The van der Waals surface area contributed by atoms with Crippen LogP contribution in [0.1, 0.15) is 33.9 Å². The van der Waals surface area contributed by atoms with Gasteiger partial charge in [0.2, 0.25) is 0 Å². The van der Waals surface area contributed by atoms with Gasteiger partial charge in [-0.3, -0.25) is 4.98 Å². The number of halogens is 1. The van der Waals surface area contributed by atoms with Gasteiger partial charge in [0.15, 0.2) is 5.11 Å². The van der Waals surface area contributed by atoms with Gasteiger partial charge in [0.05, 0.1) is 30.1 Å². The van der Waals surface area contributed by atoms with Crippen LogP contribution in [-0.4, -0.2) is 28.3 Å². The Morgan fingerprint density at radius 2 is 1.94 bits per heavy atom. The van der Waals surface area contributed by atoms with E-state index in [2.05, 4.69) is 10.3 Å². The maximum Gasteiger partial charge on any atom is 0.338 e. The number of esters is 1. The molecule has 2 N–H and O–H groups in total. The van der Waals surface area contributed by atoms with Crippen LogP contribution in [0.3, 0.4) is 0 Å². The maximum atomic E-state index is 12.3. The number of phenols is 1. The summed E-state index contributed by atoms with van der Waals surface area (Å²) in [5, 5.41) is 14.8. The smallest absolute Gasteiger partial charge is 0.338 e. The zero-order valence-corrected chi connectivity index (χ0v) is 20.1. The quantitative estimate of drug-likeness (QED) is 0.265. The number of ether oxygens (including phenoxy) is 1. The summed E-state index contributed by atoms with van der Waals surface area (Å²) < 4.78 is 11.2. The van der Waals surface area contributed by atoms with Crippen molar-refractivity contribution in [2.24, 2.45) is 0 Å². The molecule has 0 unspecified atom stereocenters. The predicted octanol–water partition coefficient (Wildman–Crippen LogP) is 5.66. The third-order valence-corrected chi connectivity index (χ3v) is 6.36. The van der Waals surface area contributed by atoms with Gasteiger partial charge in [0.1, 0.15) is 23.3 Å². The van der Waals surface area contributed by atoms with Crippen LogP contribution in [0.25, 0.3) is 11.3 Å². The molecule has 0 aliphatic carbocycles. The van der Waals surface area contributed by atoms with Crippen LogP contribution in [0.5, 0.6) is 5.75 Å². The number of benzene rings is 2. The van der Waals surface area contributed by atoms with Crippen LogP contribution in [0.15, 0.2) is 83.4 Å². The second kappa shape index (κ2) is 9.40. The minimum Gasteiger partial charge on any atom is -0.506 e. The van der Waals surface area contributed by atoms with Crippen molar-refractivity contribution in [1.82, 2.24) is 10.3 Å². The zero-order valence-electron chi connectivity index (χ0n) is 18.5. The number of methoxy groups -OCH3 is 1. The number of anilines is 1. The summed E-state index contributed by atoms with van der Waals surface area (Å²) in [4.78, 5) is 18.6. The van der Waals surface area contributed by atoms with Crippen molar-refractivity contribution in [3.8, 4) is 17.1 Å². The number of aromatic nitrogens is 1. The van der Waals surface area contributed by atoms with Crippen molar-refractivity contribution in [2.45, 2.75) is 12.1 Å². The summed E-state index contributed by atoms with van der Waals surface area (Å²) in [5.74, 6) is 0.614. The molecule has 4 aromatic rings. The third kappa shape index (κ3) is 4.22. The van der Waals surface area contributed by atoms with Crippen LogP contribution in [-0.2, 0) is 4.74 Å². The number of thiocarbonyl (C=S) groups is 1. The summed E-state index contributed by atoms with van der Waals surface area (Å²) in [6.45, 7) is 0. The first kappa shape index (κ1) is 22.9. The Hall–Kier alpha value is -3.88. The van der Waals surface area contributed by atoms with Gasteiger partial charge in [0, 0.05) is 16.8 Å². The van der Waals surface area contributed by atoms with E-state index in [1.807, 2.05) is 30.3 Å². The zero-order chi connectivity index (χ0) is 24.5. The number of pyridine rings is 1. The summed E-state index contributed by atoms with van der Waals surface area (Å²) >= 11 is 11.9. The highest BCUT2D eigenvalue weighted by Gasteiger charge is 2.43. The number of phenolic OH excluding ortho intramolecular Hbond substituents is 1. The molecule has 0 amide bonds. The van der Waals surface area contributed by atoms with E-state index in [-0.39, 0.29) is 11.8 Å². The molecular formula is C26H20ClN3O4S. The molecule has 2 atom stereocenters. The van der Waals surface area contributed by atoms with Crippen LogP contribution in [0.2, 0.25) is 5.02 Å². The second-order valence-corrected chi connectivity index (χ2v) is 8.69. The van der Waals surface area contributed by atoms with E-state index in [1.54, 1.807) is 47.5 Å². The SMILES string of the molecule is COC(=O)c1ccccc1-c1ccc([C@H]2[C@@H](c3ccccn3)NC(=S)N2c2cc(Cl)ccc2O)o1. The number of carbonyl (C=O) groups is 1. The fourth-order valence-electron chi connectivity index (χ4n) is 4.24. The molecule has 9 heteroatoms. The molecular weight excluding hydrogens is 486 g/mol. The van der Waals surface area contributed by atoms with Crippen molar-refractivity contribution in [3.05, 3.63) is 101 Å². The Balaban J connectivity index is 1.64. The third-order valence-electron chi connectivity index (χ3n) is 5.81. The molecule has 3 heterocycles. The molecule has 2 aromatic heterocycles. The van der Waals surface area contributed by atoms with Crippen LogP contribution >= 0.6 is 23.8 Å². The van der Waals surface area contributed by atoms with Gasteiger partial charge in [0.25, 0.3) is 0 Å². The second-order valence-electron chi connectivity index (χ2n) is 7.87. The molecule has 2 aromatic carbocycles. The van der Waals surface area contributed by atoms with Crippen LogP contribution in [0.4, 0.5) is 5.69 Å². The number of hydrogen-bond acceptors (Lipinski definition) is 6. The lowest BCUT2D eigenvalue weighted by atomic mass is 10.0. The maximum absolute atomic E-state index is 12.3. The summed E-state index contributed by atoms with van der Waals surface area (Å²) in [6, 6.07) is 20.2. The Bertz CT molecular complexity index is 1410. The summed E-state index contributed by atoms with van der Waals surface area (Å²) in [5.41, 5.74) is 2.18. The average Bonchev–Trinajstić information content (AvgIpc) is 3.50. The Morgan fingerprint density at radius 1 is 1.14 bits per heavy atom. The van der Waals surface area contributed by atoms with E-state index in [0.717, 1.165) is 5.69 Å². The Labute approximate surface area is 211 Å². The Kier molecular flexibility index (Phi) is 6.15. The predicted molar refractivity (Wildman–Crippen MR) is 137 cm³/mol. The molecule has 0 saturated carbocycles. The first-order valence-corrected chi connectivity index (χ1v) is 11.5. The highest BCUT2D eigenvalue weighted by Crippen LogP contribution is 2.46. The van der Waals surface area contributed by atoms with E-state index in [9.17, 15) is 9.90 Å². The first-order valence-electron chi connectivity index (χ1n) is 10.7. The van der Waals surface area contributed by atoms with E-state index < -0.39 is 12.0 Å². The number of nitrogens with zero attached hydrogens (tertiary/aromatic N) is 2. The van der Waals surface area contributed by atoms with Crippen molar-refractivity contribution >= 4 is 40.6 Å². The molecule has 0 spiro atoms. The van der Waals surface area contributed by atoms with Crippen molar-refractivity contribution < 1.29 is 19.1 Å².